The smallest absolute Gasteiger partial charge is 0.124 e. The van der Waals surface area contributed by atoms with Crippen molar-refractivity contribution in [3.8, 4) is 6.07 Å². The van der Waals surface area contributed by atoms with E-state index < -0.39 is 0 Å². The van der Waals surface area contributed by atoms with Crippen LogP contribution in [0.2, 0.25) is 0 Å². The summed E-state index contributed by atoms with van der Waals surface area (Å²) in [5.74, 6) is -0.331. The molecule has 2 heterocycles. The molecule has 1 aliphatic heterocycles. The van der Waals surface area contributed by atoms with E-state index in [0.29, 0.717) is 12.1 Å². The van der Waals surface area contributed by atoms with Gasteiger partial charge in [0.25, 0.3) is 0 Å². The van der Waals surface area contributed by atoms with Crippen molar-refractivity contribution in [1.29, 1.82) is 5.26 Å². The molecule has 0 spiro atoms. The molecule has 0 fully saturated rings. The predicted octanol–water partition coefficient (Wildman–Crippen LogP) is 3.32. The number of rotatable bonds is 2. The molecule has 1 aromatic carbocycles. The maximum absolute atomic E-state index is 13.4. The minimum absolute atomic E-state index is 0.331. The molecular weight excluding hydrogens is 259 g/mol. The van der Waals surface area contributed by atoms with Gasteiger partial charge in [0.1, 0.15) is 5.82 Å². The first kappa shape index (κ1) is 12.3. The Morgan fingerprint density at radius 2 is 2.26 bits per heavy atom. The van der Waals surface area contributed by atoms with E-state index in [1.165, 1.54) is 22.6 Å². The van der Waals surface area contributed by atoms with Gasteiger partial charge >= 0.3 is 0 Å². The topological polar surface area (TPSA) is 27.0 Å². The summed E-state index contributed by atoms with van der Waals surface area (Å²) in [4.78, 5) is 3.76. The van der Waals surface area contributed by atoms with Gasteiger partial charge in [-0.3, -0.25) is 4.90 Å². The molecule has 2 nitrogen and oxygen atoms in total. The Hall–Kier alpha value is -1.70. The first-order chi connectivity index (χ1) is 9.24. The van der Waals surface area contributed by atoms with Gasteiger partial charge in [-0.05, 0) is 47.2 Å². The highest BCUT2D eigenvalue weighted by molar-refractivity contribution is 7.10. The second-order valence-electron chi connectivity index (χ2n) is 4.79. The van der Waals surface area contributed by atoms with Gasteiger partial charge in [-0.2, -0.15) is 5.26 Å². The van der Waals surface area contributed by atoms with Crippen LogP contribution < -0.4 is 0 Å². The first-order valence-electron chi connectivity index (χ1n) is 6.22. The summed E-state index contributed by atoms with van der Waals surface area (Å²) in [6, 6.07) is 8.73. The van der Waals surface area contributed by atoms with Crippen LogP contribution in [0.15, 0.2) is 29.6 Å². The second-order valence-corrected chi connectivity index (χ2v) is 5.79. The quantitative estimate of drug-likeness (QED) is 0.838. The van der Waals surface area contributed by atoms with Crippen LogP contribution >= 0.6 is 11.3 Å². The average molecular weight is 272 g/mol. The maximum atomic E-state index is 13.4. The SMILES string of the molecule is N#Cc1cc(F)cc(CN2CCc3sccc3C2)c1. The summed E-state index contributed by atoms with van der Waals surface area (Å²) >= 11 is 1.81. The van der Waals surface area contributed by atoms with Crippen LogP contribution in [-0.4, -0.2) is 11.4 Å². The molecule has 0 atom stereocenters. The highest BCUT2D eigenvalue weighted by Gasteiger charge is 2.17. The molecule has 0 saturated carbocycles. The second kappa shape index (κ2) is 5.12. The molecular formula is C15H13FN2S. The lowest BCUT2D eigenvalue weighted by Gasteiger charge is -2.26. The Kier molecular flexibility index (Phi) is 3.33. The number of fused-ring (bicyclic) bond motifs is 1. The number of nitriles is 1. The van der Waals surface area contributed by atoms with Crippen LogP contribution in [0.4, 0.5) is 4.39 Å². The van der Waals surface area contributed by atoms with Gasteiger partial charge in [-0.15, -0.1) is 11.3 Å². The lowest BCUT2D eigenvalue weighted by molar-refractivity contribution is 0.247. The summed E-state index contributed by atoms with van der Waals surface area (Å²) in [5.41, 5.74) is 2.65. The van der Waals surface area contributed by atoms with Crippen LogP contribution in [0.5, 0.6) is 0 Å². The van der Waals surface area contributed by atoms with Crippen molar-refractivity contribution in [1.82, 2.24) is 4.90 Å². The van der Waals surface area contributed by atoms with Crippen molar-refractivity contribution < 1.29 is 4.39 Å². The third kappa shape index (κ3) is 2.67. The van der Waals surface area contributed by atoms with E-state index in [2.05, 4.69) is 16.3 Å². The average Bonchev–Trinajstić information content (AvgIpc) is 2.85. The van der Waals surface area contributed by atoms with Crippen LogP contribution in [0.25, 0.3) is 0 Å². The summed E-state index contributed by atoms with van der Waals surface area (Å²) < 4.78 is 13.4. The van der Waals surface area contributed by atoms with Gasteiger partial charge < -0.3 is 0 Å². The van der Waals surface area contributed by atoms with E-state index in [0.717, 1.165) is 25.1 Å². The van der Waals surface area contributed by atoms with Crippen LogP contribution in [-0.2, 0) is 19.5 Å². The van der Waals surface area contributed by atoms with Crippen molar-refractivity contribution in [3.63, 3.8) is 0 Å². The van der Waals surface area contributed by atoms with Crippen molar-refractivity contribution in [3.05, 3.63) is 57.0 Å². The lowest BCUT2D eigenvalue weighted by Crippen LogP contribution is -2.29. The fourth-order valence-electron chi connectivity index (χ4n) is 2.51. The molecule has 4 heteroatoms. The van der Waals surface area contributed by atoms with Gasteiger partial charge in [0.15, 0.2) is 0 Å². The van der Waals surface area contributed by atoms with Gasteiger partial charge in [-0.25, -0.2) is 4.39 Å². The Morgan fingerprint density at radius 1 is 1.37 bits per heavy atom. The van der Waals surface area contributed by atoms with Crippen LogP contribution in [0.3, 0.4) is 0 Å². The highest BCUT2D eigenvalue weighted by Crippen LogP contribution is 2.25. The zero-order chi connectivity index (χ0) is 13.2. The molecule has 0 saturated heterocycles. The van der Waals surface area contributed by atoms with Gasteiger partial charge in [-0.1, -0.05) is 0 Å². The number of thiophene rings is 1. The van der Waals surface area contributed by atoms with Crippen LogP contribution in [0, 0.1) is 17.1 Å². The molecule has 3 rings (SSSR count). The maximum Gasteiger partial charge on any atom is 0.124 e. The summed E-state index contributed by atoms with van der Waals surface area (Å²) in [6.07, 6.45) is 1.06. The fourth-order valence-corrected chi connectivity index (χ4v) is 3.40. The van der Waals surface area contributed by atoms with Crippen molar-refractivity contribution in [2.24, 2.45) is 0 Å². The zero-order valence-electron chi connectivity index (χ0n) is 10.4. The molecule has 0 bridgehead atoms. The lowest BCUT2D eigenvalue weighted by atomic mass is 10.1. The van der Waals surface area contributed by atoms with Crippen LogP contribution in [0.1, 0.15) is 21.6 Å². The Morgan fingerprint density at radius 3 is 3.11 bits per heavy atom. The summed E-state index contributed by atoms with van der Waals surface area (Å²) in [5, 5.41) is 11.0. The van der Waals surface area contributed by atoms with E-state index >= 15 is 0 Å². The van der Waals surface area contributed by atoms with Crippen molar-refractivity contribution >= 4 is 11.3 Å². The van der Waals surface area contributed by atoms with Gasteiger partial charge in [0.2, 0.25) is 0 Å². The predicted molar refractivity (Wildman–Crippen MR) is 73.3 cm³/mol. The minimum Gasteiger partial charge on any atom is -0.294 e. The molecule has 1 aliphatic rings. The minimum atomic E-state index is -0.331. The van der Waals surface area contributed by atoms with E-state index in [4.69, 9.17) is 5.26 Å². The van der Waals surface area contributed by atoms with Gasteiger partial charge in [0.05, 0.1) is 11.6 Å². The van der Waals surface area contributed by atoms with Gasteiger partial charge in [0, 0.05) is 24.5 Å². The van der Waals surface area contributed by atoms with E-state index in [-0.39, 0.29) is 5.82 Å². The zero-order valence-corrected chi connectivity index (χ0v) is 11.2. The third-order valence-electron chi connectivity index (χ3n) is 3.38. The molecule has 19 heavy (non-hydrogen) atoms. The number of halogens is 1. The standard InChI is InChI=1S/C15H13FN2S/c16-14-6-11(8-17)5-12(7-14)9-18-3-1-15-13(10-18)2-4-19-15/h2,4-7H,1,3,9-10H2. The Balaban J connectivity index is 1.76. The molecule has 0 amide bonds. The molecule has 0 aliphatic carbocycles. The molecule has 1 aromatic heterocycles. The van der Waals surface area contributed by atoms with E-state index in [1.807, 2.05) is 17.4 Å². The molecule has 0 radical (unpaired) electrons. The monoisotopic (exact) mass is 272 g/mol. The van der Waals surface area contributed by atoms with Crippen molar-refractivity contribution in [2.45, 2.75) is 19.5 Å². The highest BCUT2D eigenvalue weighted by atomic mass is 32.1. The number of benzene rings is 1. The molecule has 96 valence electrons. The van der Waals surface area contributed by atoms with E-state index in [9.17, 15) is 4.39 Å². The summed E-state index contributed by atoms with van der Waals surface area (Å²) in [6.45, 7) is 2.60. The summed E-state index contributed by atoms with van der Waals surface area (Å²) in [7, 11) is 0. The number of hydrogen-bond donors (Lipinski definition) is 0. The fraction of sp³-hybridized carbons (Fsp3) is 0.267. The normalized spacial score (nSPS) is 14.9. The Bertz CT molecular complexity index is 642. The van der Waals surface area contributed by atoms with Crippen molar-refractivity contribution in [2.75, 3.05) is 6.54 Å². The number of hydrogen-bond acceptors (Lipinski definition) is 3. The Labute approximate surface area is 115 Å². The largest absolute Gasteiger partial charge is 0.294 e. The molecule has 0 unspecified atom stereocenters. The first-order valence-corrected chi connectivity index (χ1v) is 7.10. The van der Waals surface area contributed by atoms with E-state index in [1.54, 1.807) is 6.07 Å². The third-order valence-corrected chi connectivity index (χ3v) is 4.40. The molecule has 0 N–H and O–H groups in total. The molecule has 2 aromatic rings. The number of nitrogens with zero attached hydrogens (tertiary/aromatic N) is 2.